The second-order valence-corrected chi connectivity index (χ2v) is 9.42. The zero-order valence-electron chi connectivity index (χ0n) is 19.0. The second-order valence-electron chi connectivity index (χ2n) is 9.42. The molecular formula is C26H24N4O5. The van der Waals surface area contributed by atoms with Crippen LogP contribution >= 0.6 is 0 Å². The van der Waals surface area contributed by atoms with E-state index in [4.69, 9.17) is 4.74 Å². The van der Waals surface area contributed by atoms with Crippen LogP contribution in [-0.2, 0) is 16.6 Å². The molecule has 0 bridgehead atoms. The van der Waals surface area contributed by atoms with Gasteiger partial charge in [-0.3, -0.25) is 19.6 Å². The Morgan fingerprint density at radius 2 is 1.63 bits per heavy atom. The lowest BCUT2D eigenvalue weighted by Crippen LogP contribution is -2.33. The van der Waals surface area contributed by atoms with Crippen LogP contribution in [0.1, 0.15) is 27.4 Å². The number of nitrogens with zero attached hydrogens (tertiary/aromatic N) is 3. The number of likely N-dealkylation sites (tertiary alicyclic amines) is 1. The summed E-state index contributed by atoms with van der Waals surface area (Å²) >= 11 is 0. The molecule has 9 nitrogen and oxygen atoms in total. The molecule has 2 unspecified atom stereocenters. The summed E-state index contributed by atoms with van der Waals surface area (Å²) in [4.78, 5) is 38.6. The summed E-state index contributed by atoms with van der Waals surface area (Å²) in [5.41, 5.74) is 4.77. The molecule has 178 valence electrons. The van der Waals surface area contributed by atoms with E-state index in [-0.39, 0.29) is 47.6 Å². The first-order valence-electron chi connectivity index (χ1n) is 11.6. The van der Waals surface area contributed by atoms with Gasteiger partial charge in [0, 0.05) is 32.3 Å². The fraction of sp³-hybridized carbons (Fsp3) is 0.308. The highest BCUT2D eigenvalue weighted by Gasteiger charge is 2.60. The number of carboxylic acids is 1. The van der Waals surface area contributed by atoms with Crippen LogP contribution in [0.5, 0.6) is 0 Å². The Hall–Kier alpha value is -4.14. The minimum Gasteiger partial charge on any atom is -0.481 e. The van der Waals surface area contributed by atoms with E-state index >= 15 is 0 Å². The maximum atomic E-state index is 13.1. The molecule has 2 aliphatic carbocycles. The van der Waals surface area contributed by atoms with E-state index < -0.39 is 12.1 Å². The van der Waals surface area contributed by atoms with E-state index in [1.54, 1.807) is 18.1 Å². The molecule has 2 amide bonds. The average molecular weight is 473 g/mol. The molecule has 2 aromatic carbocycles. The summed E-state index contributed by atoms with van der Waals surface area (Å²) in [6, 6.07) is 16.2. The number of anilines is 1. The third-order valence-corrected chi connectivity index (χ3v) is 7.39. The van der Waals surface area contributed by atoms with Crippen molar-refractivity contribution in [3.63, 3.8) is 0 Å². The lowest BCUT2D eigenvalue weighted by atomic mass is 9.98. The first-order chi connectivity index (χ1) is 16.9. The molecule has 1 saturated carbocycles. The maximum Gasteiger partial charge on any atom is 0.412 e. The number of hydrogen-bond donors (Lipinski definition) is 2. The Balaban J connectivity index is 1.13. The topological polar surface area (TPSA) is 114 Å². The molecule has 3 aliphatic rings. The number of hydrogen-bond acceptors (Lipinski definition) is 5. The molecule has 2 heterocycles. The normalized spacial score (nSPS) is 21.7. The Morgan fingerprint density at radius 1 is 1.03 bits per heavy atom. The summed E-state index contributed by atoms with van der Waals surface area (Å²) in [5, 5.41) is 16.1. The van der Waals surface area contributed by atoms with Crippen molar-refractivity contribution in [2.24, 2.45) is 24.8 Å². The number of aliphatic carboxylic acids is 1. The fourth-order valence-electron chi connectivity index (χ4n) is 5.70. The van der Waals surface area contributed by atoms with Crippen molar-refractivity contribution in [2.75, 3.05) is 25.0 Å². The molecule has 2 N–H and O–H groups in total. The molecule has 1 aliphatic heterocycles. The van der Waals surface area contributed by atoms with E-state index in [1.807, 2.05) is 36.4 Å². The lowest BCUT2D eigenvalue weighted by Gasteiger charge is -2.19. The summed E-state index contributed by atoms with van der Waals surface area (Å²) in [7, 11) is 1.67. The highest BCUT2D eigenvalue weighted by atomic mass is 16.5. The number of aromatic nitrogens is 2. The van der Waals surface area contributed by atoms with Crippen LogP contribution in [0.2, 0.25) is 0 Å². The Bertz CT molecular complexity index is 1310. The number of rotatable bonds is 5. The number of fused-ring (bicyclic) bond motifs is 4. The molecule has 3 aromatic rings. The highest BCUT2D eigenvalue weighted by Crippen LogP contribution is 2.52. The number of carboxylic acid groups (broad SMARTS) is 1. The summed E-state index contributed by atoms with van der Waals surface area (Å²) in [6.45, 7) is 0.960. The van der Waals surface area contributed by atoms with Crippen molar-refractivity contribution in [1.29, 1.82) is 0 Å². The van der Waals surface area contributed by atoms with E-state index in [9.17, 15) is 19.5 Å². The van der Waals surface area contributed by atoms with E-state index in [1.165, 1.54) is 4.68 Å². The van der Waals surface area contributed by atoms with Gasteiger partial charge < -0.3 is 14.7 Å². The van der Waals surface area contributed by atoms with E-state index in [0.29, 0.717) is 13.1 Å². The highest BCUT2D eigenvalue weighted by molar-refractivity contribution is 6.01. The zero-order valence-corrected chi connectivity index (χ0v) is 19.0. The predicted octanol–water partition coefficient (Wildman–Crippen LogP) is 3.18. The van der Waals surface area contributed by atoms with Crippen LogP contribution in [0.15, 0.2) is 54.7 Å². The third kappa shape index (κ3) is 3.54. The number of carbonyl (C=O) groups excluding carboxylic acids is 2. The molecule has 0 radical (unpaired) electrons. The van der Waals surface area contributed by atoms with Gasteiger partial charge in [-0.1, -0.05) is 48.5 Å². The Morgan fingerprint density at radius 3 is 2.23 bits per heavy atom. The molecule has 9 heteroatoms. The molecule has 1 saturated heterocycles. The van der Waals surface area contributed by atoms with E-state index in [2.05, 4.69) is 22.5 Å². The Labute approximate surface area is 201 Å². The van der Waals surface area contributed by atoms with Gasteiger partial charge in [-0.2, -0.15) is 5.10 Å². The largest absolute Gasteiger partial charge is 0.481 e. The van der Waals surface area contributed by atoms with Gasteiger partial charge in [-0.15, -0.1) is 0 Å². The number of benzene rings is 2. The Kier molecular flexibility index (Phi) is 4.87. The quantitative estimate of drug-likeness (QED) is 0.590. The maximum absolute atomic E-state index is 13.1. The number of amides is 2. The first-order valence-corrected chi connectivity index (χ1v) is 11.6. The van der Waals surface area contributed by atoms with Crippen LogP contribution in [-0.4, -0.2) is 57.5 Å². The number of nitrogens with one attached hydrogen (secondary N) is 1. The summed E-state index contributed by atoms with van der Waals surface area (Å²) in [6.07, 6.45) is 0.870. The van der Waals surface area contributed by atoms with Crippen molar-refractivity contribution in [3.8, 4) is 11.1 Å². The van der Waals surface area contributed by atoms with Crippen molar-refractivity contribution in [1.82, 2.24) is 14.7 Å². The van der Waals surface area contributed by atoms with Gasteiger partial charge >= 0.3 is 12.1 Å². The van der Waals surface area contributed by atoms with Gasteiger partial charge in [0.15, 0.2) is 5.82 Å². The fourth-order valence-corrected chi connectivity index (χ4v) is 5.70. The lowest BCUT2D eigenvalue weighted by molar-refractivity contribution is -0.139. The SMILES string of the molecule is Cn1cc(C(=O)N2CC3C(C2)C3C(=O)O)c(NC(=O)OCC2c3ccccc3-c3ccccc32)n1. The molecular weight excluding hydrogens is 448 g/mol. The van der Waals surface area contributed by atoms with Crippen LogP contribution in [0.3, 0.4) is 0 Å². The van der Waals surface area contributed by atoms with Crippen molar-refractivity contribution in [2.45, 2.75) is 5.92 Å². The molecule has 1 aromatic heterocycles. The van der Waals surface area contributed by atoms with Crippen LogP contribution in [0.4, 0.5) is 10.6 Å². The molecule has 6 rings (SSSR count). The molecule has 0 spiro atoms. The van der Waals surface area contributed by atoms with Gasteiger partial charge in [0.25, 0.3) is 5.91 Å². The monoisotopic (exact) mass is 472 g/mol. The first kappa shape index (κ1) is 21.4. The molecule has 2 atom stereocenters. The van der Waals surface area contributed by atoms with Crippen molar-refractivity contribution >= 4 is 23.8 Å². The van der Waals surface area contributed by atoms with Gasteiger partial charge in [-0.25, -0.2) is 4.79 Å². The van der Waals surface area contributed by atoms with Crippen molar-refractivity contribution < 1.29 is 24.2 Å². The van der Waals surface area contributed by atoms with Gasteiger partial charge in [-0.05, 0) is 34.1 Å². The smallest absolute Gasteiger partial charge is 0.412 e. The average Bonchev–Trinajstić information content (AvgIpc) is 3.14. The number of piperidine rings is 1. The van der Waals surface area contributed by atoms with Crippen LogP contribution in [0.25, 0.3) is 11.1 Å². The zero-order chi connectivity index (χ0) is 24.3. The molecule has 2 fully saturated rings. The number of aryl methyl sites for hydroxylation is 1. The minimum absolute atomic E-state index is 0.00617. The van der Waals surface area contributed by atoms with Gasteiger partial charge in [0.1, 0.15) is 12.2 Å². The third-order valence-electron chi connectivity index (χ3n) is 7.39. The standard InChI is InChI=1S/C26H24N4O5/c1-29-10-20(24(31)30-11-18-19(12-30)22(18)25(32)33)23(28-29)27-26(34)35-13-21-16-8-4-2-6-14(16)15-7-3-5-9-17(15)21/h2-10,18-19,21-22H,11-13H2,1H3,(H,32,33)(H,27,28,34). The predicted molar refractivity (Wildman–Crippen MR) is 126 cm³/mol. The number of ether oxygens (including phenoxy) is 1. The minimum atomic E-state index is -0.800. The van der Waals surface area contributed by atoms with Gasteiger partial charge in [0.2, 0.25) is 0 Å². The van der Waals surface area contributed by atoms with Crippen molar-refractivity contribution in [3.05, 3.63) is 71.4 Å². The summed E-state index contributed by atoms with van der Waals surface area (Å²) < 4.78 is 7.05. The van der Waals surface area contributed by atoms with Crippen LogP contribution < -0.4 is 5.32 Å². The van der Waals surface area contributed by atoms with E-state index in [0.717, 1.165) is 22.3 Å². The summed E-state index contributed by atoms with van der Waals surface area (Å²) in [5.74, 6) is -1.36. The number of carbonyl (C=O) groups is 3. The second kappa shape index (κ2) is 7.97. The van der Waals surface area contributed by atoms with Crippen LogP contribution in [0, 0.1) is 17.8 Å². The molecule has 35 heavy (non-hydrogen) atoms. The van der Waals surface area contributed by atoms with Gasteiger partial charge in [0.05, 0.1) is 5.92 Å².